The Bertz CT molecular complexity index is 453. The number of amides is 2. The smallest absolute Gasteiger partial charge is 0.325 e. The maximum Gasteiger partial charge on any atom is 0.325 e. The molecule has 0 aliphatic rings. The fourth-order valence-electron chi connectivity index (χ4n) is 1.01. The zero-order chi connectivity index (χ0) is 13.0. The second kappa shape index (κ2) is 5.49. The van der Waals surface area contributed by atoms with Crippen molar-refractivity contribution in [2.75, 3.05) is 5.32 Å². The van der Waals surface area contributed by atoms with Gasteiger partial charge in [-0.25, -0.2) is 9.18 Å². The number of aliphatic carboxylic acids is 1. The van der Waals surface area contributed by atoms with Crippen LogP contribution in [0.5, 0.6) is 0 Å². The van der Waals surface area contributed by atoms with Crippen LogP contribution in [0.2, 0.25) is 5.02 Å². The number of hydrogen-bond acceptors (Lipinski definition) is 2. The first kappa shape index (κ1) is 13.2. The number of anilines is 1. The highest BCUT2D eigenvalue weighted by Gasteiger charge is 2.14. The molecule has 3 N–H and O–H groups in total. The number of carboxylic acid groups (broad SMARTS) is 1. The van der Waals surface area contributed by atoms with E-state index < -0.39 is 23.9 Å². The van der Waals surface area contributed by atoms with Crippen LogP contribution >= 0.6 is 11.6 Å². The van der Waals surface area contributed by atoms with Crippen LogP contribution in [-0.2, 0) is 4.79 Å². The molecule has 92 valence electrons. The van der Waals surface area contributed by atoms with E-state index in [1.807, 2.05) is 0 Å². The molecule has 0 unspecified atom stereocenters. The highest BCUT2D eigenvalue weighted by Crippen LogP contribution is 2.22. The molecule has 0 aliphatic heterocycles. The summed E-state index contributed by atoms with van der Waals surface area (Å²) < 4.78 is 12.9. The van der Waals surface area contributed by atoms with Crippen molar-refractivity contribution in [3.8, 4) is 0 Å². The summed E-state index contributed by atoms with van der Waals surface area (Å²) in [6.45, 7) is 1.30. The standard InChI is InChI=1S/C10H10ClFN2O3/c1-5(9(15)16)13-10(17)14-8-4-6(12)2-3-7(8)11/h2-5H,1H3,(H,15,16)(H2,13,14,17)/t5-/m1/s1. The Hall–Kier alpha value is -1.82. The average Bonchev–Trinajstić information content (AvgIpc) is 2.23. The molecule has 1 aromatic carbocycles. The minimum atomic E-state index is -1.18. The van der Waals surface area contributed by atoms with Crippen LogP contribution in [0, 0.1) is 5.82 Å². The predicted molar refractivity (Wildman–Crippen MR) is 60.7 cm³/mol. The number of carbonyl (C=O) groups excluding carboxylic acids is 1. The molecule has 0 spiro atoms. The molecule has 5 nitrogen and oxygen atoms in total. The third kappa shape index (κ3) is 3.92. The molecule has 0 heterocycles. The van der Waals surface area contributed by atoms with Gasteiger partial charge in [-0.3, -0.25) is 4.79 Å². The van der Waals surface area contributed by atoms with E-state index in [1.165, 1.54) is 13.0 Å². The summed E-state index contributed by atoms with van der Waals surface area (Å²) in [6.07, 6.45) is 0. The lowest BCUT2D eigenvalue weighted by atomic mass is 10.3. The number of hydrogen-bond donors (Lipinski definition) is 3. The first-order valence-corrected chi connectivity index (χ1v) is 5.03. The Balaban J connectivity index is 2.68. The molecule has 1 rings (SSSR count). The summed E-state index contributed by atoms with van der Waals surface area (Å²) in [7, 11) is 0. The molecule has 7 heteroatoms. The summed E-state index contributed by atoms with van der Waals surface area (Å²) in [5.41, 5.74) is 0.0711. The fourth-order valence-corrected chi connectivity index (χ4v) is 1.17. The molecule has 0 radical (unpaired) electrons. The lowest BCUT2D eigenvalue weighted by Gasteiger charge is -2.11. The predicted octanol–water partition coefficient (Wildman–Crippen LogP) is 2.07. The van der Waals surface area contributed by atoms with Gasteiger partial charge >= 0.3 is 12.0 Å². The van der Waals surface area contributed by atoms with Crippen LogP contribution in [0.15, 0.2) is 18.2 Å². The lowest BCUT2D eigenvalue weighted by Crippen LogP contribution is -2.40. The number of carbonyl (C=O) groups is 2. The molecule has 0 aliphatic carbocycles. The summed E-state index contributed by atoms with van der Waals surface area (Å²) in [5, 5.41) is 13.1. The second-order valence-electron chi connectivity index (χ2n) is 3.28. The van der Waals surface area contributed by atoms with Crippen molar-refractivity contribution in [3.05, 3.63) is 29.0 Å². The van der Waals surface area contributed by atoms with Crippen molar-refractivity contribution in [1.82, 2.24) is 5.32 Å². The Morgan fingerprint density at radius 2 is 2.12 bits per heavy atom. The number of rotatable bonds is 3. The van der Waals surface area contributed by atoms with Gasteiger partial charge in [-0.05, 0) is 25.1 Å². The quantitative estimate of drug-likeness (QED) is 0.778. The van der Waals surface area contributed by atoms with Crippen molar-refractivity contribution in [1.29, 1.82) is 0 Å². The minimum absolute atomic E-state index is 0.0711. The molecule has 17 heavy (non-hydrogen) atoms. The van der Waals surface area contributed by atoms with Gasteiger partial charge in [-0.1, -0.05) is 11.6 Å². The normalized spacial score (nSPS) is 11.7. The van der Waals surface area contributed by atoms with Crippen molar-refractivity contribution in [2.24, 2.45) is 0 Å². The molecular formula is C10H10ClFN2O3. The van der Waals surface area contributed by atoms with Gasteiger partial charge in [0, 0.05) is 0 Å². The van der Waals surface area contributed by atoms with E-state index in [0.29, 0.717) is 0 Å². The van der Waals surface area contributed by atoms with E-state index in [1.54, 1.807) is 0 Å². The van der Waals surface area contributed by atoms with E-state index in [4.69, 9.17) is 16.7 Å². The molecule has 0 aromatic heterocycles. The van der Waals surface area contributed by atoms with Gasteiger partial charge in [0.15, 0.2) is 0 Å². The van der Waals surface area contributed by atoms with Crippen LogP contribution in [0.1, 0.15) is 6.92 Å². The monoisotopic (exact) mass is 260 g/mol. The van der Waals surface area contributed by atoms with Crippen LogP contribution in [0.4, 0.5) is 14.9 Å². The van der Waals surface area contributed by atoms with Crippen molar-refractivity contribution in [2.45, 2.75) is 13.0 Å². The number of halogens is 2. The van der Waals surface area contributed by atoms with Crippen molar-refractivity contribution < 1.29 is 19.1 Å². The van der Waals surface area contributed by atoms with Gasteiger partial charge in [-0.15, -0.1) is 0 Å². The average molecular weight is 261 g/mol. The zero-order valence-electron chi connectivity index (χ0n) is 8.83. The van der Waals surface area contributed by atoms with Crippen LogP contribution < -0.4 is 10.6 Å². The maximum absolute atomic E-state index is 12.9. The van der Waals surface area contributed by atoms with Crippen molar-refractivity contribution in [3.63, 3.8) is 0 Å². The van der Waals surface area contributed by atoms with Crippen LogP contribution in [0.25, 0.3) is 0 Å². The van der Waals surface area contributed by atoms with Crippen molar-refractivity contribution >= 4 is 29.3 Å². The van der Waals surface area contributed by atoms with Gasteiger partial charge in [0.2, 0.25) is 0 Å². The first-order chi connectivity index (χ1) is 7.90. The van der Waals surface area contributed by atoms with E-state index >= 15 is 0 Å². The van der Waals surface area contributed by atoms with E-state index in [2.05, 4.69) is 10.6 Å². The zero-order valence-corrected chi connectivity index (χ0v) is 9.58. The molecule has 0 bridgehead atoms. The molecule has 0 saturated carbocycles. The first-order valence-electron chi connectivity index (χ1n) is 4.65. The third-order valence-corrected chi connectivity index (χ3v) is 2.22. The number of benzene rings is 1. The summed E-state index contributed by atoms with van der Waals surface area (Å²) >= 11 is 5.71. The summed E-state index contributed by atoms with van der Waals surface area (Å²) in [5.74, 6) is -1.73. The summed E-state index contributed by atoms with van der Waals surface area (Å²) in [4.78, 5) is 21.8. The van der Waals surface area contributed by atoms with Gasteiger partial charge in [0.1, 0.15) is 11.9 Å². The Kier molecular flexibility index (Phi) is 4.28. The maximum atomic E-state index is 12.9. The second-order valence-corrected chi connectivity index (χ2v) is 3.69. The summed E-state index contributed by atoms with van der Waals surface area (Å²) in [6, 6.07) is 1.64. The Labute approximate surface area is 102 Å². The van der Waals surface area contributed by atoms with E-state index in [-0.39, 0.29) is 10.7 Å². The molecule has 2 amide bonds. The molecule has 0 fully saturated rings. The van der Waals surface area contributed by atoms with E-state index in [9.17, 15) is 14.0 Å². The van der Waals surface area contributed by atoms with Crippen LogP contribution in [0.3, 0.4) is 0 Å². The highest BCUT2D eigenvalue weighted by atomic mass is 35.5. The van der Waals surface area contributed by atoms with Gasteiger partial charge in [-0.2, -0.15) is 0 Å². The number of carboxylic acids is 1. The van der Waals surface area contributed by atoms with Gasteiger partial charge < -0.3 is 15.7 Å². The third-order valence-electron chi connectivity index (χ3n) is 1.89. The lowest BCUT2D eigenvalue weighted by molar-refractivity contribution is -0.138. The minimum Gasteiger partial charge on any atom is -0.480 e. The topological polar surface area (TPSA) is 78.4 Å². The van der Waals surface area contributed by atoms with E-state index in [0.717, 1.165) is 12.1 Å². The fraction of sp³-hybridized carbons (Fsp3) is 0.200. The SMILES string of the molecule is C[C@@H](NC(=O)Nc1cc(F)ccc1Cl)C(=O)O. The van der Waals surface area contributed by atoms with Gasteiger partial charge in [0.05, 0.1) is 10.7 Å². The largest absolute Gasteiger partial charge is 0.480 e. The Morgan fingerprint density at radius 3 is 2.71 bits per heavy atom. The van der Waals surface area contributed by atoms with Crippen LogP contribution in [-0.4, -0.2) is 23.1 Å². The molecule has 0 saturated heterocycles. The molecular weight excluding hydrogens is 251 g/mol. The molecule has 1 atom stereocenters. The number of urea groups is 1. The highest BCUT2D eigenvalue weighted by molar-refractivity contribution is 6.33. The van der Waals surface area contributed by atoms with Gasteiger partial charge in [0.25, 0.3) is 0 Å². The Morgan fingerprint density at radius 1 is 1.47 bits per heavy atom. The number of nitrogens with one attached hydrogen (secondary N) is 2. The molecule has 1 aromatic rings.